The molecule has 5 nitrogen and oxygen atoms in total. The fourth-order valence-electron chi connectivity index (χ4n) is 1.40. The summed E-state index contributed by atoms with van der Waals surface area (Å²) in [6.07, 6.45) is 0.560. The molecule has 0 saturated heterocycles. The van der Waals surface area contributed by atoms with Crippen LogP contribution in [-0.2, 0) is 0 Å². The van der Waals surface area contributed by atoms with Crippen LogP contribution in [0.25, 0.3) is 0 Å². The molecular weight excluding hydrogens is 294 g/mol. The Morgan fingerprint density at radius 1 is 1.50 bits per heavy atom. The predicted molar refractivity (Wildman–Crippen MR) is 71.4 cm³/mol. The molecule has 112 valence electrons. The van der Waals surface area contributed by atoms with Gasteiger partial charge >= 0.3 is 12.6 Å². The van der Waals surface area contributed by atoms with Crippen LogP contribution in [-0.4, -0.2) is 30.4 Å². The second-order valence-corrected chi connectivity index (χ2v) is 4.32. The van der Waals surface area contributed by atoms with E-state index in [1.807, 2.05) is 0 Å². The number of ether oxygens (including phenoxy) is 1. The number of aliphatic hydroxyl groups excluding tert-OH is 1. The third-order valence-electron chi connectivity index (χ3n) is 2.45. The van der Waals surface area contributed by atoms with Gasteiger partial charge in [0.1, 0.15) is 5.75 Å². The molecule has 0 heterocycles. The van der Waals surface area contributed by atoms with Crippen molar-refractivity contribution in [2.24, 2.45) is 0 Å². The number of nitrogens with one attached hydrogen (secondary N) is 2. The van der Waals surface area contributed by atoms with Crippen LogP contribution in [0, 0.1) is 0 Å². The van der Waals surface area contributed by atoms with E-state index < -0.39 is 12.6 Å². The lowest BCUT2D eigenvalue weighted by Gasteiger charge is -2.15. The standard InChI is InChI=1S/C12H15ClF2N2O3/c1-2-7(6-18)16-12(19)17-8-3-4-9(13)10(5-8)20-11(14)15/h3-5,7,11,18H,2,6H2,1H3,(H2,16,17,19). The Bertz CT molecular complexity index is 456. The summed E-state index contributed by atoms with van der Waals surface area (Å²) < 4.78 is 28.5. The zero-order valence-corrected chi connectivity index (χ0v) is 11.5. The van der Waals surface area contributed by atoms with Gasteiger partial charge in [0.2, 0.25) is 0 Å². The molecule has 0 saturated carbocycles. The van der Waals surface area contributed by atoms with Crippen molar-refractivity contribution in [3.05, 3.63) is 23.2 Å². The maximum absolute atomic E-state index is 12.2. The molecule has 1 aromatic carbocycles. The molecule has 8 heteroatoms. The van der Waals surface area contributed by atoms with Crippen molar-refractivity contribution in [3.8, 4) is 5.75 Å². The van der Waals surface area contributed by atoms with Crippen LogP contribution in [0.1, 0.15) is 13.3 Å². The van der Waals surface area contributed by atoms with E-state index in [0.717, 1.165) is 0 Å². The van der Waals surface area contributed by atoms with Gasteiger partial charge in [0.05, 0.1) is 17.7 Å². The molecule has 3 N–H and O–H groups in total. The highest BCUT2D eigenvalue weighted by molar-refractivity contribution is 6.32. The molecule has 1 atom stereocenters. The van der Waals surface area contributed by atoms with E-state index >= 15 is 0 Å². The third kappa shape index (κ3) is 5.18. The molecule has 0 spiro atoms. The van der Waals surface area contributed by atoms with Crippen LogP contribution in [0.2, 0.25) is 5.02 Å². The zero-order chi connectivity index (χ0) is 15.1. The molecule has 2 amide bonds. The number of aliphatic hydroxyl groups is 1. The first-order valence-corrected chi connectivity index (χ1v) is 6.26. The van der Waals surface area contributed by atoms with Crippen molar-refractivity contribution in [2.75, 3.05) is 11.9 Å². The van der Waals surface area contributed by atoms with Gasteiger partial charge in [-0.25, -0.2) is 4.79 Å². The van der Waals surface area contributed by atoms with E-state index in [1.165, 1.54) is 18.2 Å². The summed E-state index contributed by atoms with van der Waals surface area (Å²) in [7, 11) is 0. The fourth-order valence-corrected chi connectivity index (χ4v) is 1.56. The molecule has 0 radical (unpaired) electrons. The lowest BCUT2D eigenvalue weighted by atomic mass is 10.2. The number of benzene rings is 1. The van der Waals surface area contributed by atoms with Crippen molar-refractivity contribution in [2.45, 2.75) is 26.0 Å². The molecule has 0 bridgehead atoms. The maximum atomic E-state index is 12.2. The minimum absolute atomic E-state index is 0.0121. The van der Waals surface area contributed by atoms with E-state index in [1.54, 1.807) is 6.92 Å². The van der Waals surface area contributed by atoms with Crippen LogP contribution in [0.3, 0.4) is 0 Å². The summed E-state index contributed by atoms with van der Waals surface area (Å²) in [4.78, 5) is 11.6. The molecular formula is C12H15ClF2N2O3. The van der Waals surface area contributed by atoms with Crippen LogP contribution in [0.5, 0.6) is 5.75 Å². The Labute approximate surface area is 119 Å². The van der Waals surface area contributed by atoms with Gasteiger partial charge in [-0.05, 0) is 18.6 Å². The number of anilines is 1. The molecule has 0 aliphatic carbocycles. The van der Waals surface area contributed by atoms with Crippen molar-refractivity contribution in [1.29, 1.82) is 0 Å². The summed E-state index contributed by atoms with van der Waals surface area (Å²) in [6.45, 7) is -1.39. The quantitative estimate of drug-likeness (QED) is 0.757. The lowest BCUT2D eigenvalue weighted by molar-refractivity contribution is -0.0497. The first-order chi connectivity index (χ1) is 9.46. The Morgan fingerprint density at radius 2 is 2.20 bits per heavy atom. The van der Waals surface area contributed by atoms with Gasteiger partial charge in [-0.1, -0.05) is 18.5 Å². The van der Waals surface area contributed by atoms with Crippen LogP contribution in [0.15, 0.2) is 18.2 Å². The number of hydrogen-bond donors (Lipinski definition) is 3. The van der Waals surface area contributed by atoms with Gasteiger partial charge in [0, 0.05) is 11.8 Å². The van der Waals surface area contributed by atoms with Crippen LogP contribution in [0.4, 0.5) is 19.3 Å². The Balaban J connectivity index is 2.70. The second kappa shape index (κ2) is 7.86. The number of hydrogen-bond acceptors (Lipinski definition) is 3. The molecule has 0 aromatic heterocycles. The molecule has 1 aromatic rings. The van der Waals surface area contributed by atoms with Crippen molar-refractivity contribution in [1.82, 2.24) is 5.32 Å². The molecule has 1 rings (SSSR count). The van der Waals surface area contributed by atoms with Gasteiger partial charge in [-0.2, -0.15) is 8.78 Å². The third-order valence-corrected chi connectivity index (χ3v) is 2.77. The van der Waals surface area contributed by atoms with E-state index in [2.05, 4.69) is 15.4 Å². The van der Waals surface area contributed by atoms with Gasteiger partial charge in [0.15, 0.2) is 0 Å². The summed E-state index contributed by atoms with van der Waals surface area (Å²) in [5.74, 6) is -0.228. The molecule has 0 aliphatic rings. The van der Waals surface area contributed by atoms with Gasteiger partial charge in [0.25, 0.3) is 0 Å². The highest BCUT2D eigenvalue weighted by atomic mass is 35.5. The van der Waals surface area contributed by atoms with Gasteiger partial charge in [-0.3, -0.25) is 0 Å². The Hall–Kier alpha value is -1.60. The number of rotatable bonds is 6. The van der Waals surface area contributed by atoms with Gasteiger partial charge < -0.3 is 20.5 Å². The van der Waals surface area contributed by atoms with Crippen molar-refractivity contribution in [3.63, 3.8) is 0 Å². The van der Waals surface area contributed by atoms with E-state index in [9.17, 15) is 13.6 Å². The molecule has 20 heavy (non-hydrogen) atoms. The molecule has 1 unspecified atom stereocenters. The second-order valence-electron chi connectivity index (χ2n) is 3.91. The topological polar surface area (TPSA) is 70.6 Å². The van der Waals surface area contributed by atoms with E-state index in [0.29, 0.717) is 6.42 Å². The minimum Gasteiger partial charge on any atom is -0.433 e. The number of halogens is 3. The fraction of sp³-hybridized carbons (Fsp3) is 0.417. The number of carbonyl (C=O) groups excluding carboxylic acids is 1. The maximum Gasteiger partial charge on any atom is 0.387 e. The van der Waals surface area contributed by atoms with Crippen LogP contribution < -0.4 is 15.4 Å². The van der Waals surface area contributed by atoms with E-state index in [-0.39, 0.29) is 29.1 Å². The first-order valence-electron chi connectivity index (χ1n) is 5.89. The molecule has 0 fully saturated rings. The predicted octanol–water partition coefficient (Wildman–Crippen LogP) is 2.83. The van der Waals surface area contributed by atoms with Crippen molar-refractivity contribution < 1.29 is 23.4 Å². The molecule has 0 aliphatic heterocycles. The Morgan fingerprint density at radius 3 is 2.75 bits per heavy atom. The average Bonchev–Trinajstić information content (AvgIpc) is 2.39. The summed E-state index contributed by atoms with van der Waals surface area (Å²) in [5.41, 5.74) is 0.246. The van der Waals surface area contributed by atoms with Crippen molar-refractivity contribution >= 4 is 23.3 Å². The SMILES string of the molecule is CCC(CO)NC(=O)Nc1ccc(Cl)c(OC(F)F)c1. The average molecular weight is 309 g/mol. The summed E-state index contributed by atoms with van der Waals surface area (Å²) in [6, 6.07) is 3.03. The zero-order valence-electron chi connectivity index (χ0n) is 10.7. The van der Waals surface area contributed by atoms with Crippen LogP contribution >= 0.6 is 11.6 Å². The minimum atomic E-state index is -3.00. The number of carbonyl (C=O) groups is 1. The highest BCUT2D eigenvalue weighted by Gasteiger charge is 2.12. The number of urea groups is 1. The monoisotopic (exact) mass is 308 g/mol. The van der Waals surface area contributed by atoms with Gasteiger partial charge in [-0.15, -0.1) is 0 Å². The summed E-state index contributed by atoms with van der Waals surface area (Å²) in [5, 5.41) is 13.9. The number of amides is 2. The first kappa shape index (κ1) is 16.5. The number of alkyl halides is 2. The normalized spacial score (nSPS) is 12.1. The highest BCUT2D eigenvalue weighted by Crippen LogP contribution is 2.29. The van der Waals surface area contributed by atoms with E-state index in [4.69, 9.17) is 16.7 Å². The Kier molecular flexibility index (Phi) is 6.47. The smallest absolute Gasteiger partial charge is 0.387 e. The largest absolute Gasteiger partial charge is 0.433 e. The summed E-state index contributed by atoms with van der Waals surface area (Å²) >= 11 is 5.69. The lowest BCUT2D eigenvalue weighted by Crippen LogP contribution is -2.39.